The first-order valence-electron chi connectivity index (χ1n) is 9.81. The molecule has 0 bridgehead atoms. The van der Waals surface area contributed by atoms with Crippen LogP contribution in [0.25, 0.3) is 6.08 Å². The van der Waals surface area contributed by atoms with Crippen molar-refractivity contribution in [1.29, 1.82) is 0 Å². The van der Waals surface area contributed by atoms with E-state index < -0.39 is 11.8 Å². The quantitative estimate of drug-likeness (QED) is 0.256. The van der Waals surface area contributed by atoms with Crippen LogP contribution in [-0.4, -0.2) is 23.5 Å². The fourth-order valence-electron chi connectivity index (χ4n) is 3.29. The fourth-order valence-corrected chi connectivity index (χ4v) is 3.67. The molecule has 156 valence electrons. The molecule has 0 N–H and O–H groups in total. The highest BCUT2D eigenvalue weighted by Crippen LogP contribution is 2.29. The molecule has 2 amide bonds. The summed E-state index contributed by atoms with van der Waals surface area (Å²) in [5, 5.41) is 0.104. The highest BCUT2D eigenvalue weighted by molar-refractivity contribution is 7.81. The van der Waals surface area contributed by atoms with Crippen LogP contribution in [0.2, 0.25) is 0 Å². The number of terminal acetylenes is 1. The number of rotatable bonds is 5. The topological polar surface area (TPSA) is 49.9 Å². The van der Waals surface area contributed by atoms with Crippen LogP contribution in [0.4, 0.5) is 11.4 Å². The zero-order valence-corrected chi connectivity index (χ0v) is 17.8. The lowest BCUT2D eigenvalue weighted by atomic mass is 10.0. The molecule has 1 aliphatic rings. The van der Waals surface area contributed by atoms with Gasteiger partial charge in [0.15, 0.2) is 5.11 Å². The van der Waals surface area contributed by atoms with E-state index in [1.165, 1.54) is 9.80 Å². The zero-order valence-electron chi connectivity index (χ0n) is 17.0. The molecule has 0 spiro atoms. The van der Waals surface area contributed by atoms with E-state index in [2.05, 4.69) is 5.92 Å². The number of para-hydroxylation sites is 2. The van der Waals surface area contributed by atoms with Crippen molar-refractivity contribution >= 4 is 46.6 Å². The number of ether oxygens (including phenoxy) is 1. The third-order valence-corrected chi connectivity index (χ3v) is 5.16. The number of thiocarbonyl (C=S) groups is 1. The molecule has 0 aromatic heterocycles. The van der Waals surface area contributed by atoms with Crippen molar-refractivity contribution in [3.8, 4) is 18.1 Å². The minimum absolute atomic E-state index is 0.00333. The van der Waals surface area contributed by atoms with Crippen LogP contribution in [0.1, 0.15) is 5.56 Å². The molecule has 0 radical (unpaired) electrons. The van der Waals surface area contributed by atoms with Gasteiger partial charge in [-0.15, -0.1) is 6.42 Å². The lowest BCUT2D eigenvalue weighted by Crippen LogP contribution is -2.56. The van der Waals surface area contributed by atoms with Crippen molar-refractivity contribution in [2.24, 2.45) is 0 Å². The third kappa shape index (κ3) is 4.15. The van der Waals surface area contributed by atoms with Gasteiger partial charge in [0.2, 0.25) is 0 Å². The first-order chi connectivity index (χ1) is 15.6. The Hall–Kier alpha value is -4.21. The largest absolute Gasteiger partial charge is 0.481 e. The zero-order chi connectivity index (χ0) is 22.5. The number of benzene rings is 3. The molecule has 3 aromatic carbocycles. The number of carbonyl (C=O) groups is 2. The van der Waals surface area contributed by atoms with Gasteiger partial charge in [-0.2, -0.15) is 0 Å². The van der Waals surface area contributed by atoms with Crippen molar-refractivity contribution in [3.05, 3.63) is 96.1 Å². The van der Waals surface area contributed by atoms with E-state index in [0.717, 1.165) is 0 Å². The molecular formula is C26H18N2O3S. The number of hydrogen-bond acceptors (Lipinski definition) is 4. The molecule has 0 aliphatic carbocycles. The number of anilines is 2. The molecular weight excluding hydrogens is 420 g/mol. The van der Waals surface area contributed by atoms with Crippen LogP contribution in [-0.2, 0) is 9.59 Å². The Bertz CT molecular complexity index is 1170. The fraction of sp³-hybridized carbons (Fsp3) is 0.0385. The molecule has 32 heavy (non-hydrogen) atoms. The van der Waals surface area contributed by atoms with E-state index in [1.54, 1.807) is 54.6 Å². The van der Waals surface area contributed by atoms with Crippen molar-refractivity contribution in [2.45, 2.75) is 0 Å². The van der Waals surface area contributed by atoms with Gasteiger partial charge >= 0.3 is 0 Å². The first kappa shape index (κ1) is 21.0. The summed E-state index contributed by atoms with van der Waals surface area (Å²) in [4.78, 5) is 29.6. The van der Waals surface area contributed by atoms with Crippen LogP contribution in [0.15, 0.2) is 90.5 Å². The Kier molecular flexibility index (Phi) is 6.11. The van der Waals surface area contributed by atoms with Crippen molar-refractivity contribution in [3.63, 3.8) is 0 Å². The second-order valence-electron chi connectivity index (χ2n) is 6.85. The van der Waals surface area contributed by atoms with Crippen LogP contribution in [0.5, 0.6) is 5.75 Å². The van der Waals surface area contributed by atoms with E-state index in [-0.39, 0.29) is 17.3 Å². The molecule has 0 unspecified atom stereocenters. The summed E-state index contributed by atoms with van der Waals surface area (Å²) in [6.45, 7) is 0.160. The van der Waals surface area contributed by atoms with E-state index >= 15 is 0 Å². The maximum Gasteiger partial charge on any atom is 0.270 e. The van der Waals surface area contributed by atoms with Gasteiger partial charge < -0.3 is 4.74 Å². The van der Waals surface area contributed by atoms with Crippen LogP contribution in [0, 0.1) is 12.3 Å². The Morgan fingerprint density at radius 2 is 1.31 bits per heavy atom. The van der Waals surface area contributed by atoms with Crippen molar-refractivity contribution in [1.82, 2.24) is 0 Å². The minimum Gasteiger partial charge on any atom is -0.481 e. The van der Waals surface area contributed by atoms with Gasteiger partial charge in [-0.1, -0.05) is 54.5 Å². The monoisotopic (exact) mass is 438 g/mol. The van der Waals surface area contributed by atoms with Crippen LogP contribution < -0.4 is 14.5 Å². The average molecular weight is 439 g/mol. The van der Waals surface area contributed by atoms with Gasteiger partial charge in [0.1, 0.15) is 17.9 Å². The summed E-state index contributed by atoms with van der Waals surface area (Å²) >= 11 is 5.59. The molecule has 6 heteroatoms. The van der Waals surface area contributed by atoms with Gasteiger partial charge in [-0.25, -0.2) is 0 Å². The van der Waals surface area contributed by atoms with E-state index in [1.807, 2.05) is 36.4 Å². The predicted molar refractivity (Wildman–Crippen MR) is 129 cm³/mol. The van der Waals surface area contributed by atoms with Crippen LogP contribution in [0.3, 0.4) is 0 Å². The van der Waals surface area contributed by atoms with E-state index in [9.17, 15) is 9.59 Å². The number of amides is 2. The molecule has 1 heterocycles. The number of carbonyl (C=O) groups excluding carboxylic acids is 2. The predicted octanol–water partition coefficient (Wildman–Crippen LogP) is 4.45. The van der Waals surface area contributed by atoms with Crippen molar-refractivity contribution < 1.29 is 14.3 Å². The minimum atomic E-state index is -0.481. The first-order valence-corrected chi connectivity index (χ1v) is 10.2. The maximum atomic E-state index is 13.4. The summed E-state index contributed by atoms with van der Waals surface area (Å²) in [5.74, 6) is 2.05. The Labute approximate surface area is 191 Å². The molecule has 0 atom stereocenters. The van der Waals surface area contributed by atoms with Crippen molar-refractivity contribution in [2.75, 3.05) is 16.4 Å². The number of nitrogens with zero attached hydrogens (tertiary/aromatic N) is 2. The van der Waals surface area contributed by atoms with Gasteiger partial charge in [0, 0.05) is 0 Å². The summed E-state index contributed by atoms with van der Waals surface area (Å²) in [6.07, 6.45) is 6.77. The standard InChI is InChI=1S/C26H18N2O3S/c1-2-17-31-22-15-13-19(14-16-22)18-23-24(29)27(20-9-5-3-6-10-20)26(32)28(25(23)30)21-11-7-4-8-12-21/h1,3-16,18H,17H2. The Morgan fingerprint density at radius 3 is 1.78 bits per heavy atom. The van der Waals surface area contributed by atoms with Gasteiger partial charge in [0.25, 0.3) is 11.8 Å². The lowest BCUT2D eigenvalue weighted by Gasteiger charge is -2.36. The lowest BCUT2D eigenvalue weighted by molar-refractivity contribution is -0.120. The summed E-state index contributed by atoms with van der Waals surface area (Å²) < 4.78 is 5.38. The second-order valence-corrected chi connectivity index (χ2v) is 7.22. The summed E-state index contributed by atoms with van der Waals surface area (Å²) in [7, 11) is 0. The molecule has 3 aromatic rings. The highest BCUT2D eigenvalue weighted by atomic mass is 32.1. The molecule has 1 aliphatic heterocycles. The summed E-state index contributed by atoms with van der Waals surface area (Å²) in [6, 6.07) is 25.0. The van der Waals surface area contributed by atoms with E-state index in [4.69, 9.17) is 23.4 Å². The Morgan fingerprint density at radius 1 is 0.812 bits per heavy atom. The second kappa shape index (κ2) is 9.29. The van der Waals surface area contributed by atoms with Gasteiger partial charge in [-0.05, 0) is 60.3 Å². The van der Waals surface area contributed by atoms with Gasteiger partial charge in [0.05, 0.1) is 11.4 Å². The molecule has 4 rings (SSSR count). The maximum absolute atomic E-state index is 13.4. The number of hydrogen-bond donors (Lipinski definition) is 0. The normalized spacial score (nSPS) is 13.7. The SMILES string of the molecule is C#CCOc1ccc(C=C2C(=O)N(c3ccccc3)C(=S)N(c3ccccc3)C2=O)cc1. The molecule has 1 fully saturated rings. The summed E-state index contributed by atoms with van der Waals surface area (Å²) in [5.41, 5.74) is 1.84. The highest BCUT2D eigenvalue weighted by Gasteiger charge is 2.41. The van der Waals surface area contributed by atoms with Gasteiger partial charge in [-0.3, -0.25) is 19.4 Å². The average Bonchev–Trinajstić information content (AvgIpc) is 2.83. The van der Waals surface area contributed by atoms with Crippen LogP contribution >= 0.6 is 12.2 Å². The smallest absolute Gasteiger partial charge is 0.270 e. The molecule has 0 saturated carbocycles. The van der Waals surface area contributed by atoms with E-state index in [0.29, 0.717) is 22.7 Å². The third-order valence-electron chi connectivity index (χ3n) is 4.79. The molecule has 1 saturated heterocycles. The Balaban J connectivity index is 1.77. The molecule has 5 nitrogen and oxygen atoms in total.